The molecule has 25 heavy (non-hydrogen) atoms. The van der Waals surface area contributed by atoms with E-state index in [-0.39, 0.29) is 30.6 Å². The molecule has 0 radical (unpaired) electrons. The molecular weight excluding hydrogens is 394 g/mol. The Morgan fingerprint density at radius 2 is 0.760 bits per heavy atom. The minimum absolute atomic E-state index is 0. The first-order chi connectivity index (χ1) is 11.0. The van der Waals surface area contributed by atoms with Crippen LogP contribution in [0, 0.1) is 0 Å². The van der Waals surface area contributed by atoms with E-state index in [0.29, 0.717) is 0 Å². The van der Waals surface area contributed by atoms with Crippen LogP contribution in [0.2, 0.25) is 0 Å². The Kier molecular flexibility index (Phi) is 7.50. The molecule has 0 aromatic heterocycles. The van der Waals surface area contributed by atoms with Crippen LogP contribution < -0.4 is 0 Å². The van der Waals surface area contributed by atoms with Gasteiger partial charge in [0.25, 0.3) is 0 Å². The van der Waals surface area contributed by atoms with Crippen LogP contribution in [0.25, 0.3) is 0 Å². The molecule has 0 amide bonds. The number of hydrogen-bond donors (Lipinski definition) is 8. The van der Waals surface area contributed by atoms with E-state index in [0.717, 1.165) is 24.3 Å². The van der Waals surface area contributed by atoms with E-state index in [4.69, 9.17) is 40.9 Å². The van der Waals surface area contributed by atoms with Crippen molar-refractivity contribution in [3.8, 4) is 34.5 Å². The molecule has 0 spiro atoms. The number of phenolic OH excluding ortho intramolecular Hbond substituents is 6. The Labute approximate surface area is 152 Å². The van der Waals surface area contributed by atoms with Gasteiger partial charge in [-0.05, 0) is 24.3 Å². The van der Waals surface area contributed by atoms with Crippen molar-refractivity contribution in [3.05, 3.63) is 35.4 Å². The van der Waals surface area contributed by atoms with Crippen molar-refractivity contribution in [1.29, 1.82) is 0 Å². The van der Waals surface area contributed by atoms with Gasteiger partial charge in [-0.25, -0.2) is 9.59 Å². The topological polar surface area (TPSA) is 196 Å². The van der Waals surface area contributed by atoms with E-state index in [1.165, 1.54) is 0 Å². The summed E-state index contributed by atoms with van der Waals surface area (Å²) in [5.74, 6) is -6.67. The van der Waals surface area contributed by atoms with Crippen LogP contribution in [0.15, 0.2) is 24.3 Å². The summed E-state index contributed by atoms with van der Waals surface area (Å²) in [6.07, 6.45) is 0. The van der Waals surface area contributed by atoms with Crippen LogP contribution in [0.1, 0.15) is 20.7 Å². The molecule has 11 heteroatoms. The quantitative estimate of drug-likeness (QED) is 0.263. The molecule has 2 aromatic rings. The van der Waals surface area contributed by atoms with Gasteiger partial charge in [-0.3, -0.25) is 0 Å². The van der Waals surface area contributed by atoms with Gasteiger partial charge in [-0.2, -0.15) is 0 Å². The fraction of sp³-hybridized carbons (Fsp3) is 0. The van der Waals surface area contributed by atoms with Gasteiger partial charge in [-0.15, -0.1) is 0 Å². The Balaban J connectivity index is 0.000000443. The molecule has 0 heterocycles. The molecular formula is C14H12O10Zn. The molecule has 0 aliphatic heterocycles. The van der Waals surface area contributed by atoms with E-state index < -0.39 is 46.4 Å². The van der Waals surface area contributed by atoms with E-state index in [9.17, 15) is 9.59 Å². The summed E-state index contributed by atoms with van der Waals surface area (Å²) in [5.41, 5.74) is -0.578. The molecule has 0 unspecified atom stereocenters. The monoisotopic (exact) mass is 404 g/mol. The maximum Gasteiger partial charge on any atom is 0.335 e. The zero-order valence-electron chi connectivity index (χ0n) is 12.4. The van der Waals surface area contributed by atoms with Gasteiger partial charge in [0, 0.05) is 19.5 Å². The average molecular weight is 406 g/mol. The van der Waals surface area contributed by atoms with Crippen LogP contribution in [0.3, 0.4) is 0 Å². The predicted octanol–water partition coefficient (Wildman–Crippen LogP) is 1.00. The maximum absolute atomic E-state index is 10.3. The van der Waals surface area contributed by atoms with Gasteiger partial charge in [-0.1, -0.05) is 0 Å². The van der Waals surface area contributed by atoms with E-state index in [2.05, 4.69) is 0 Å². The fourth-order valence-electron chi connectivity index (χ4n) is 1.46. The molecule has 0 saturated heterocycles. The normalized spacial score (nSPS) is 9.28. The molecule has 2 aromatic carbocycles. The fourth-order valence-corrected chi connectivity index (χ4v) is 1.46. The molecule has 8 N–H and O–H groups in total. The Morgan fingerprint density at radius 3 is 0.920 bits per heavy atom. The first-order valence-corrected chi connectivity index (χ1v) is 6.01. The maximum atomic E-state index is 10.3. The number of phenols is 6. The van der Waals surface area contributed by atoms with E-state index >= 15 is 0 Å². The number of rotatable bonds is 2. The predicted molar refractivity (Wildman–Crippen MR) is 76.8 cm³/mol. The van der Waals surface area contributed by atoms with Crippen LogP contribution in [-0.2, 0) is 19.5 Å². The van der Waals surface area contributed by atoms with Crippen molar-refractivity contribution in [2.45, 2.75) is 0 Å². The largest absolute Gasteiger partial charge is 0.504 e. The van der Waals surface area contributed by atoms with Gasteiger partial charge in [0.2, 0.25) is 0 Å². The SMILES string of the molecule is O=C(O)c1cc(O)c(O)c(O)c1.O=C(O)c1cc(O)c(O)c(O)c1.[Zn]. The van der Waals surface area contributed by atoms with Crippen molar-refractivity contribution >= 4 is 11.9 Å². The number of aromatic carboxylic acids is 2. The van der Waals surface area contributed by atoms with Gasteiger partial charge in [0.15, 0.2) is 34.5 Å². The molecule has 0 aliphatic rings. The van der Waals surface area contributed by atoms with Crippen molar-refractivity contribution in [1.82, 2.24) is 0 Å². The third-order valence-corrected chi connectivity index (χ3v) is 2.63. The van der Waals surface area contributed by atoms with Crippen molar-refractivity contribution in [2.24, 2.45) is 0 Å². The molecule has 0 fully saturated rings. The number of hydrogen-bond acceptors (Lipinski definition) is 8. The van der Waals surface area contributed by atoms with Crippen molar-refractivity contribution in [2.75, 3.05) is 0 Å². The Morgan fingerprint density at radius 1 is 0.560 bits per heavy atom. The molecule has 2 rings (SSSR count). The molecule has 10 nitrogen and oxygen atoms in total. The van der Waals surface area contributed by atoms with Crippen LogP contribution in [-0.4, -0.2) is 52.8 Å². The van der Waals surface area contributed by atoms with Gasteiger partial charge >= 0.3 is 11.9 Å². The molecule has 0 bridgehead atoms. The van der Waals surface area contributed by atoms with Crippen LogP contribution in [0.5, 0.6) is 34.5 Å². The van der Waals surface area contributed by atoms with E-state index in [1.807, 2.05) is 0 Å². The summed E-state index contributed by atoms with van der Waals surface area (Å²) in [4.78, 5) is 20.6. The first-order valence-electron chi connectivity index (χ1n) is 6.01. The zero-order chi connectivity index (χ0) is 18.6. The molecule has 0 saturated carbocycles. The number of carboxylic acids is 2. The zero-order valence-corrected chi connectivity index (χ0v) is 15.4. The van der Waals surface area contributed by atoms with E-state index in [1.54, 1.807) is 0 Å². The minimum Gasteiger partial charge on any atom is -0.504 e. The third-order valence-electron chi connectivity index (χ3n) is 2.63. The van der Waals surface area contributed by atoms with Gasteiger partial charge in [0.05, 0.1) is 11.1 Å². The summed E-state index contributed by atoms with van der Waals surface area (Å²) >= 11 is 0. The summed E-state index contributed by atoms with van der Waals surface area (Å²) in [7, 11) is 0. The summed E-state index contributed by atoms with van der Waals surface area (Å²) in [5, 5.41) is 69.9. The van der Waals surface area contributed by atoms with Crippen LogP contribution in [0.4, 0.5) is 0 Å². The summed E-state index contributed by atoms with van der Waals surface area (Å²) < 4.78 is 0. The number of benzene rings is 2. The number of aromatic hydroxyl groups is 6. The smallest absolute Gasteiger partial charge is 0.335 e. The van der Waals surface area contributed by atoms with Crippen molar-refractivity contribution < 1.29 is 69.9 Å². The summed E-state index contributed by atoms with van der Waals surface area (Å²) in [6, 6.07) is 3.38. The average Bonchev–Trinajstić information content (AvgIpc) is 2.49. The summed E-state index contributed by atoms with van der Waals surface area (Å²) in [6.45, 7) is 0. The Hall–Kier alpha value is -3.20. The van der Waals surface area contributed by atoms with Crippen molar-refractivity contribution in [3.63, 3.8) is 0 Å². The first kappa shape index (κ1) is 21.8. The minimum atomic E-state index is -1.29. The van der Waals surface area contributed by atoms with Crippen LogP contribution >= 0.6 is 0 Å². The molecule has 0 aliphatic carbocycles. The second-order valence-electron chi connectivity index (χ2n) is 4.34. The Bertz CT molecular complexity index is 689. The number of carboxylic acid groups (broad SMARTS) is 2. The second kappa shape index (κ2) is 8.60. The van der Waals surface area contributed by atoms with Gasteiger partial charge in [0.1, 0.15) is 0 Å². The number of carbonyl (C=O) groups is 2. The molecule has 0 atom stereocenters. The third kappa shape index (κ3) is 5.43. The standard InChI is InChI=1S/2C7H6O5.Zn/c2*8-4-1-3(7(11)12)2-5(9)6(4)10;/h2*1-2,8-10H,(H,11,12);. The molecule has 130 valence electrons. The van der Waals surface area contributed by atoms with Gasteiger partial charge < -0.3 is 40.9 Å². The second-order valence-corrected chi connectivity index (χ2v) is 4.34.